The zero-order valence-electron chi connectivity index (χ0n) is 14.8. The minimum Gasteiger partial charge on any atom is -0.497 e. The molecule has 0 amide bonds. The number of methoxy groups -OCH3 is 1. The van der Waals surface area contributed by atoms with Crippen molar-refractivity contribution in [1.82, 2.24) is 9.38 Å². The first kappa shape index (κ1) is 16.2. The monoisotopic (exact) mass is 350 g/mol. The summed E-state index contributed by atoms with van der Waals surface area (Å²) in [5, 5.41) is 0.833. The first-order valence-corrected chi connectivity index (χ1v) is 8.24. The lowest BCUT2D eigenvalue weighted by molar-refractivity contribution is 0.0433. The molecule has 3 heterocycles. The Balaban J connectivity index is 1.57. The minimum absolute atomic E-state index is 0.0831. The van der Waals surface area contributed by atoms with Crippen molar-refractivity contribution in [1.29, 1.82) is 0 Å². The van der Waals surface area contributed by atoms with Crippen molar-refractivity contribution in [3.05, 3.63) is 65.3 Å². The van der Waals surface area contributed by atoms with Gasteiger partial charge in [-0.05, 0) is 43.7 Å². The smallest absolute Gasteiger partial charge is 0.374 e. The normalized spacial score (nSPS) is 11.2. The van der Waals surface area contributed by atoms with E-state index in [2.05, 4.69) is 4.98 Å². The predicted molar refractivity (Wildman–Crippen MR) is 96.6 cm³/mol. The van der Waals surface area contributed by atoms with Gasteiger partial charge in [-0.2, -0.15) is 0 Å². The van der Waals surface area contributed by atoms with Crippen LogP contribution < -0.4 is 4.74 Å². The number of pyridine rings is 1. The van der Waals surface area contributed by atoms with E-state index in [0.29, 0.717) is 17.0 Å². The molecule has 0 saturated heterocycles. The Bertz CT molecular complexity index is 1120. The van der Waals surface area contributed by atoms with E-state index in [0.717, 1.165) is 22.2 Å². The molecule has 0 aliphatic heterocycles. The number of hydrogen-bond donors (Lipinski definition) is 0. The molecule has 3 aromatic heterocycles. The van der Waals surface area contributed by atoms with Crippen LogP contribution in [0.25, 0.3) is 16.6 Å². The summed E-state index contributed by atoms with van der Waals surface area (Å²) in [6, 6.07) is 9.36. The fourth-order valence-corrected chi connectivity index (χ4v) is 3.00. The molecule has 6 nitrogen and oxygen atoms in total. The van der Waals surface area contributed by atoms with Gasteiger partial charge >= 0.3 is 5.97 Å². The van der Waals surface area contributed by atoms with E-state index >= 15 is 0 Å². The molecule has 0 spiro atoms. The molecule has 26 heavy (non-hydrogen) atoms. The fraction of sp³-hybridized carbons (Fsp3) is 0.200. The van der Waals surface area contributed by atoms with Gasteiger partial charge in [0.25, 0.3) is 0 Å². The van der Waals surface area contributed by atoms with Crippen LogP contribution in [-0.2, 0) is 11.3 Å². The lowest BCUT2D eigenvalue weighted by atomic mass is 10.1. The third-order valence-electron chi connectivity index (χ3n) is 4.41. The molecule has 0 atom stereocenters. The highest BCUT2D eigenvalue weighted by atomic mass is 16.5. The van der Waals surface area contributed by atoms with E-state index in [1.54, 1.807) is 19.2 Å². The standard InChI is InChI=1S/C20H18N2O4/c1-12-5-4-8-22-10-14(21-19(12)22)11-25-20(23)18-13(2)16-9-15(24-3)6-7-17(16)26-18/h4-10H,11H2,1-3H3. The number of esters is 1. The minimum atomic E-state index is -0.508. The molecular weight excluding hydrogens is 332 g/mol. The van der Waals surface area contributed by atoms with E-state index in [1.165, 1.54) is 0 Å². The van der Waals surface area contributed by atoms with Crippen LogP contribution >= 0.6 is 0 Å². The highest BCUT2D eigenvalue weighted by Gasteiger charge is 2.20. The quantitative estimate of drug-likeness (QED) is 0.519. The molecule has 6 heteroatoms. The van der Waals surface area contributed by atoms with Crippen LogP contribution in [0.1, 0.15) is 27.4 Å². The summed E-state index contributed by atoms with van der Waals surface area (Å²) < 4.78 is 18.2. The summed E-state index contributed by atoms with van der Waals surface area (Å²) in [6.07, 6.45) is 3.77. The third-order valence-corrected chi connectivity index (χ3v) is 4.41. The molecule has 0 fully saturated rings. The summed E-state index contributed by atoms with van der Waals surface area (Å²) in [5.74, 6) is 0.404. The number of imidazole rings is 1. The summed E-state index contributed by atoms with van der Waals surface area (Å²) in [6.45, 7) is 3.90. The largest absolute Gasteiger partial charge is 0.497 e. The van der Waals surface area contributed by atoms with Gasteiger partial charge in [0.1, 0.15) is 23.6 Å². The molecule has 0 aliphatic rings. The second-order valence-corrected chi connectivity index (χ2v) is 6.15. The molecule has 132 valence electrons. The number of ether oxygens (including phenoxy) is 2. The number of carbonyl (C=O) groups excluding carboxylic acids is 1. The maximum atomic E-state index is 12.5. The Morgan fingerprint density at radius 3 is 2.88 bits per heavy atom. The van der Waals surface area contributed by atoms with E-state index in [-0.39, 0.29) is 12.4 Å². The number of aryl methyl sites for hydroxylation is 2. The van der Waals surface area contributed by atoms with Crippen LogP contribution in [-0.4, -0.2) is 22.5 Å². The lowest BCUT2D eigenvalue weighted by Crippen LogP contribution is -2.05. The van der Waals surface area contributed by atoms with Crippen molar-refractivity contribution in [3.63, 3.8) is 0 Å². The van der Waals surface area contributed by atoms with E-state index in [4.69, 9.17) is 13.9 Å². The number of benzene rings is 1. The van der Waals surface area contributed by atoms with Gasteiger partial charge in [-0.15, -0.1) is 0 Å². The first-order chi connectivity index (χ1) is 12.6. The molecule has 0 N–H and O–H groups in total. The third kappa shape index (κ3) is 2.69. The molecule has 4 aromatic rings. The van der Waals surface area contributed by atoms with Crippen LogP contribution in [0, 0.1) is 13.8 Å². The summed E-state index contributed by atoms with van der Waals surface area (Å²) in [5.41, 5.74) is 3.95. The molecule has 0 saturated carbocycles. The van der Waals surface area contributed by atoms with Gasteiger partial charge in [0, 0.05) is 23.3 Å². The molecule has 0 radical (unpaired) electrons. The van der Waals surface area contributed by atoms with Crippen LogP contribution in [0.5, 0.6) is 5.75 Å². The van der Waals surface area contributed by atoms with Crippen molar-refractivity contribution in [2.45, 2.75) is 20.5 Å². The highest BCUT2D eigenvalue weighted by Crippen LogP contribution is 2.29. The number of aromatic nitrogens is 2. The number of fused-ring (bicyclic) bond motifs is 2. The Morgan fingerprint density at radius 2 is 2.12 bits per heavy atom. The van der Waals surface area contributed by atoms with Gasteiger partial charge in [0.15, 0.2) is 0 Å². The molecular formula is C20H18N2O4. The van der Waals surface area contributed by atoms with Gasteiger partial charge in [-0.1, -0.05) is 6.07 Å². The van der Waals surface area contributed by atoms with Crippen molar-refractivity contribution in [3.8, 4) is 5.75 Å². The second kappa shape index (κ2) is 6.22. The number of rotatable bonds is 4. The fourth-order valence-electron chi connectivity index (χ4n) is 3.00. The van der Waals surface area contributed by atoms with Crippen molar-refractivity contribution < 1.29 is 18.7 Å². The van der Waals surface area contributed by atoms with Crippen molar-refractivity contribution in [2.75, 3.05) is 7.11 Å². The van der Waals surface area contributed by atoms with Crippen molar-refractivity contribution >= 4 is 22.6 Å². The van der Waals surface area contributed by atoms with Crippen LogP contribution in [0.2, 0.25) is 0 Å². The maximum absolute atomic E-state index is 12.5. The Hall–Kier alpha value is -3.28. The molecule has 0 aliphatic carbocycles. The predicted octanol–water partition coefficient (Wildman–Crippen LogP) is 4.06. The molecule has 1 aromatic carbocycles. The summed E-state index contributed by atoms with van der Waals surface area (Å²) in [4.78, 5) is 17.0. The first-order valence-electron chi connectivity index (χ1n) is 8.24. The topological polar surface area (TPSA) is 66.0 Å². The van der Waals surface area contributed by atoms with Gasteiger partial charge in [-0.25, -0.2) is 9.78 Å². The van der Waals surface area contributed by atoms with Crippen LogP contribution in [0.4, 0.5) is 0 Å². The van der Waals surface area contributed by atoms with Gasteiger partial charge in [0.05, 0.1) is 12.8 Å². The van der Waals surface area contributed by atoms with E-state index < -0.39 is 5.97 Å². The summed E-state index contributed by atoms with van der Waals surface area (Å²) >= 11 is 0. The van der Waals surface area contributed by atoms with Crippen molar-refractivity contribution in [2.24, 2.45) is 0 Å². The number of nitrogens with zero attached hydrogens (tertiary/aromatic N) is 2. The van der Waals surface area contributed by atoms with Gasteiger partial charge in [-0.3, -0.25) is 0 Å². The Kier molecular flexibility index (Phi) is 3.88. The lowest BCUT2D eigenvalue weighted by Gasteiger charge is -2.00. The molecule has 0 bridgehead atoms. The number of furan rings is 1. The number of carbonyl (C=O) groups is 1. The molecule has 0 unspecified atom stereocenters. The Labute approximate surface area is 150 Å². The molecule has 4 rings (SSSR count). The second-order valence-electron chi connectivity index (χ2n) is 6.15. The summed E-state index contributed by atoms with van der Waals surface area (Å²) in [7, 11) is 1.60. The van der Waals surface area contributed by atoms with Gasteiger partial charge in [0.2, 0.25) is 5.76 Å². The zero-order valence-corrected chi connectivity index (χ0v) is 14.8. The van der Waals surface area contributed by atoms with Crippen LogP contribution in [0.3, 0.4) is 0 Å². The average Bonchev–Trinajstić information content (AvgIpc) is 3.21. The maximum Gasteiger partial charge on any atom is 0.374 e. The van der Waals surface area contributed by atoms with E-state index in [9.17, 15) is 4.79 Å². The highest BCUT2D eigenvalue weighted by molar-refractivity contribution is 5.96. The Morgan fingerprint density at radius 1 is 1.27 bits per heavy atom. The average molecular weight is 350 g/mol. The van der Waals surface area contributed by atoms with Gasteiger partial charge < -0.3 is 18.3 Å². The van der Waals surface area contributed by atoms with E-state index in [1.807, 2.05) is 48.8 Å². The SMILES string of the molecule is COc1ccc2oc(C(=O)OCc3cn4cccc(C)c4n3)c(C)c2c1. The van der Waals surface area contributed by atoms with Crippen LogP contribution in [0.15, 0.2) is 47.1 Å². The number of hydrogen-bond acceptors (Lipinski definition) is 5. The zero-order chi connectivity index (χ0) is 18.3.